The van der Waals surface area contributed by atoms with Crippen LogP contribution in [0.2, 0.25) is 0 Å². The van der Waals surface area contributed by atoms with Gasteiger partial charge in [0.2, 0.25) is 0 Å². The zero-order valence-electron chi connectivity index (χ0n) is 13.9. The van der Waals surface area contributed by atoms with Gasteiger partial charge in [-0.1, -0.05) is 43.6 Å². The van der Waals surface area contributed by atoms with Gasteiger partial charge in [0.25, 0.3) is 0 Å². The van der Waals surface area contributed by atoms with Crippen molar-refractivity contribution in [2.45, 2.75) is 47.1 Å². The predicted molar refractivity (Wildman–Crippen MR) is 95.9 cm³/mol. The smallest absolute Gasteiger partial charge is 0.0412 e. The largest absolute Gasteiger partial charge is 0.371 e. The standard InChI is InChI=1S/C18H29BrN2/c1-5-9-20-12-14-11-16(19)6-7-17(14)21-10-8-15(13-21)18(2,3)4/h6-7,11,15,20H,5,8-10,12-13H2,1-4H3. The Morgan fingerprint density at radius 3 is 2.71 bits per heavy atom. The summed E-state index contributed by atoms with van der Waals surface area (Å²) < 4.78 is 1.17. The van der Waals surface area contributed by atoms with E-state index in [0.29, 0.717) is 5.41 Å². The first-order valence-electron chi connectivity index (χ1n) is 8.16. The normalized spacial score (nSPS) is 19.3. The fourth-order valence-corrected chi connectivity index (χ4v) is 3.50. The van der Waals surface area contributed by atoms with Gasteiger partial charge in [0.05, 0.1) is 0 Å². The lowest BCUT2D eigenvalue weighted by Gasteiger charge is -2.28. The van der Waals surface area contributed by atoms with Crippen LogP contribution in [-0.4, -0.2) is 19.6 Å². The summed E-state index contributed by atoms with van der Waals surface area (Å²) in [6.07, 6.45) is 2.49. The molecular formula is C18H29BrN2. The molecule has 1 fully saturated rings. The van der Waals surface area contributed by atoms with Gasteiger partial charge in [0.1, 0.15) is 0 Å². The Morgan fingerprint density at radius 1 is 1.33 bits per heavy atom. The maximum Gasteiger partial charge on any atom is 0.0412 e. The molecule has 0 aromatic heterocycles. The first-order chi connectivity index (χ1) is 9.91. The SMILES string of the molecule is CCCNCc1cc(Br)ccc1N1CCC(C(C)(C)C)C1. The highest BCUT2D eigenvalue weighted by atomic mass is 79.9. The number of halogens is 1. The van der Waals surface area contributed by atoms with Gasteiger partial charge < -0.3 is 10.2 Å². The molecule has 0 bridgehead atoms. The van der Waals surface area contributed by atoms with Gasteiger partial charge in [-0.25, -0.2) is 0 Å². The van der Waals surface area contributed by atoms with Gasteiger partial charge in [0, 0.05) is 29.8 Å². The van der Waals surface area contributed by atoms with E-state index >= 15 is 0 Å². The van der Waals surface area contributed by atoms with E-state index in [-0.39, 0.29) is 0 Å². The average Bonchev–Trinajstić information content (AvgIpc) is 2.88. The Bertz CT molecular complexity index is 465. The Morgan fingerprint density at radius 2 is 2.10 bits per heavy atom. The number of benzene rings is 1. The lowest BCUT2D eigenvalue weighted by Crippen LogP contribution is -2.27. The molecule has 0 radical (unpaired) electrons. The van der Waals surface area contributed by atoms with Crippen molar-refractivity contribution in [2.75, 3.05) is 24.5 Å². The molecule has 1 aliphatic heterocycles. The summed E-state index contributed by atoms with van der Waals surface area (Å²) >= 11 is 3.61. The second kappa shape index (κ2) is 7.15. The Labute approximate surface area is 138 Å². The van der Waals surface area contributed by atoms with Gasteiger partial charge in [-0.05, 0) is 54.5 Å². The molecule has 1 aliphatic rings. The molecule has 0 amide bonds. The van der Waals surface area contributed by atoms with Crippen molar-refractivity contribution in [2.24, 2.45) is 11.3 Å². The molecule has 1 aromatic rings. The monoisotopic (exact) mass is 352 g/mol. The van der Waals surface area contributed by atoms with Gasteiger partial charge in [-0.3, -0.25) is 0 Å². The molecule has 118 valence electrons. The van der Waals surface area contributed by atoms with Crippen LogP contribution in [0.15, 0.2) is 22.7 Å². The number of hydrogen-bond donors (Lipinski definition) is 1. The number of hydrogen-bond acceptors (Lipinski definition) is 2. The number of rotatable bonds is 5. The second-order valence-corrected chi connectivity index (χ2v) is 8.16. The molecule has 1 aromatic carbocycles. The van der Waals surface area contributed by atoms with Crippen molar-refractivity contribution >= 4 is 21.6 Å². The second-order valence-electron chi connectivity index (χ2n) is 7.25. The topological polar surface area (TPSA) is 15.3 Å². The van der Waals surface area contributed by atoms with Gasteiger partial charge >= 0.3 is 0 Å². The van der Waals surface area contributed by atoms with Crippen molar-refractivity contribution in [3.05, 3.63) is 28.2 Å². The van der Waals surface area contributed by atoms with Crippen LogP contribution in [0.25, 0.3) is 0 Å². The quantitative estimate of drug-likeness (QED) is 0.764. The van der Waals surface area contributed by atoms with Gasteiger partial charge in [-0.2, -0.15) is 0 Å². The lowest BCUT2D eigenvalue weighted by atomic mass is 9.80. The third-order valence-electron chi connectivity index (χ3n) is 4.54. The van der Waals surface area contributed by atoms with Gasteiger partial charge in [-0.15, -0.1) is 0 Å². The fraction of sp³-hybridized carbons (Fsp3) is 0.667. The highest BCUT2D eigenvalue weighted by molar-refractivity contribution is 9.10. The van der Waals surface area contributed by atoms with Crippen molar-refractivity contribution in [3.63, 3.8) is 0 Å². The molecule has 1 heterocycles. The minimum atomic E-state index is 0.407. The molecule has 21 heavy (non-hydrogen) atoms. The summed E-state index contributed by atoms with van der Waals surface area (Å²) in [5.74, 6) is 0.789. The third-order valence-corrected chi connectivity index (χ3v) is 5.03. The van der Waals surface area contributed by atoms with E-state index in [1.807, 2.05) is 0 Å². The van der Waals surface area contributed by atoms with E-state index in [9.17, 15) is 0 Å². The van der Waals surface area contributed by atoms with E-state index in [2.05, 4.69) is 72.0 Å². The van der Waals surface area contributed by atoms with Crippen LogP contribution in [0.1, 0.15) is 46.1 Å². The van der Waals surface area contributed by atoms with Crippen LogP contribution in [0.3, 0.4) is 0 Å². The molecule has 2 rings (SSSR count). The first kappa shape index (κ1) is 16.8. The number of anilines is 1. The number of nitrogens with one attached hydrogen (secondary N) is 1. The molecule has 2 nitrogen and oxygen atoms in total. The highest BCUT2D eigenvalue weighted by Gasteiger charge is 2.32. The summed E-state index contributed by atoms with van der Waals surface area (Å²) in [5.41, 5.74) is 3.23. The average molecular weight is 353 g/mol. The zero-order chi connectivity index (χ0) is 15.5. The maximum atomic E-state index is 3.61. The fourth-order valence-electron chi connectivity index (χ4n) is 3.09. The molecule has 0 aliphatic carbocycles. The van der Waals surface area contributed by atoms with Crippen molar-refractivity contribution in [3.8, 4) is 0 Å². The summed E-state index contributed by atoms with van der Waals surface area (Å²) in [4.78, 5) is 2.57. The van der Waals surface area contributed by atoms with E-state index in [1.54, 1.807) is 0 Å². The van der Waals surface area contributed by atoms with E-state index in [4.69, 9.17) is 0 Å². The maximum absolute atomic E-state index is 3.61. The number of nitrogens with zero attached hydrogens (tertiary/aromatic N) is 1. The van der Waals surface area contributed by atoms with Crippen LogP contribution in [0.4, 0.5) is 5.69 Å². The third kappa shape index (κ3) is 4.46. The summed E-state index contributed by atoms with van der Waals surface area (Å²) in [6.45, 7) is 13.7. The van der Waals surface area contributed by atoms with Crippen LogP contribution in [0, 0.1) is 11.3 Å². The minimum absolute atomic E-state index is 0.407. The zero-order valence-corrected chi connectivity index (χ0v) is 15.5. The molecule has 1 N–H and O–H groups in total. The van der Waals surface area contributed by atoms with E-state index < -0.39 is 0 Å². The van der Waals surface area contributed by atoms with Crippen molar-refractivity contribution < 1.29 is 0 Å². The minimum Gasteiger partial charge on any atom is -0.371 e. The molecule has 1 atom stereocenters. The van der Waals surface area contributed by atoms with Crippen LogP contribution < -0.4 is 10.2 Å². The van der Waals surface area contributed by atoms with Crippen molar-refractivity contribution in [1.82, 2.24) is 5.32 Å². The highest BCUT2D eigenvalue weighted by Crippen LogP contribution is 2.37. The Hall–Kier alpha value is -0.540. The molecule has 1 saturated heterocycles. The van der Waals surface area contributed by atoms with Crippen LogP contribution >= 0.6 is 15.9 Å². The summed E-state index contributed by atoms with van der Waals surface area (Å²) in [6, 6.07) is 6.71. The summed E-state index contributed by atoms with van der Waals surface area (Å²) in [7, 11) is 0. The lowest BCUT2D eigenvalue weighted by molar-refractivity contribution is 0.263. The summed E-state index contributed by atoms with van der Waals surface area (Å²) in [5, 5.41) is 3.54. The molecule has 3 heteroatoms. The first-order valence-corrected chi connectivity index (χ1v) is 8.95. The molecular weight excluding hydrogens is 324 g/mol. The molecule has 0 spiro atoms. The Balaban J connectivity index is 2.12. The van der Waals surface area contributed by atoms with E-state index in [1.165, 1.54) is 41.7 Å². The van der Waals surface area contributed by atoms with Gasteiger partial charge in [0.15, 0.2) is 0 Å². The van der Waals surface area contributed by atoms with E-state index in [0.717, 1.165) is 19.0 Å². The van der Waals surface area contributed by atoms with Crippen LogP contribution in [-0.2, 0) is 6.54 Å². The molecule has 0 saturated carbocycles. The predicted octanol–water partition coefficient (Wildman–Crippen LogP) is 4.82. The Kier molecular flexibility index (Phi) is 5.73. The van der Waals surface area contributed by atoms with Crippen LogP contribution in [0.5, 0.6) is 0 Å². The van der Waals surface area contributed by atoms with Crippen molar-refractivity contribution in [1.29, 1.82) is 0 Å². The molecule has 1 unspecified atom stereocenters.